The van der Waals surface area contributed by atoms with Gasteiger partial charge in [0.1, 0.15) is 53.5 Å². The van der Waals surface area contributed by atoms with Crippen molar-refractivity contribution in [2.75, 3.05) is 6.61 Å². The van der Waals surface area contributed by atoms with Gasteiger partial charge in [0.2, 0.25) is 12.0 Å². The van der Waals surface area contributed by atoms with Gasteiger partial charge in [0, 0.05) is 24.6 Å². The molecule has 186 valence electrons. The molecule has 35 heavy (non-hydrogen) atoms. The molecular formula is C23H22O12. The second-order valence-corrected chi connectivity index (χ2v) is 7.90. The fraction of sp³-hybridized carbons (Fsp3) is 0.304. The molecule has 2 aromatic carbocycles. The topological polar surface area (TPSA) is 196 Å². The number of benzene rings is 2. The Morgan fingerprint density at radius 2 is 1.66 bits per heavy atom. The molecule has 12 nitrogen and oxygen atoms in total. The molecule has 1 aromatic heterocycles. The Morgan fingerprint density at radius 3 is 2.31 bits per heavy atom. The number of aliphatic hydroxyl groups excluding tert-OH is 3. The van der Waals surface area contributed by atoms with Gasteiger partial charge in [-0.05, 0) is 24.3 Å². The van der Waals surface area contributed by atoms with E-state index in [1.54, 1.807) is 0 Å². The number of esters is 1. The highest BCUT2D eigenvalue weighted by Crippen LogP contribution is 2.42. The average Bonchev–Trinajstić information content (AvgIpc) is 2.81. The summed E-state index contributed by atoms with van der Waals surface area (Å²) in [6, 6.07) is 7.94. The Balaban J connectivity index is 1.70. The zero-order chi connectivity index (χ0) is 25.4. The van der Waals surface area contributed by atoms with Gasteiger partial charge in [-0.25, -0.2) is 0 Å². The van der Waals surface area contributed by atoms with E-state index in [4.69, 9.17) is 18.6 Å². The zero-order valence-electron chi connectivity index (χ0n) is 18.2. The molecule has 1 fully saturated rings. The third-order valence-electron chi connectivity index (χ3n) is 5.45. The largest absolute Gasteiger partial charge is 0.508 e. The van der Waals surface area contributed by atoms with Gasteiger partial charge in [0.15, 0.2) is 16.9 Å². The van der Waals surface area contributed by atoms with Crippen molar-refractivity contribution in [1.82, 2.24) is 0 Å². The standard InChI is InChI=1S/C23H22O12/c1-9(24)32-8-16-19(28)21(30)22(31)23(35-16)34-15-7-14-17(20(29)18(15)27)12(26)6-13(33-14)10-2-4-11(25)5-3-10/h2-7,16,19,21-23,25,27-31H,8H2,1H3. The first kappa shape index (κ1) is 24.3. The van der Waals surface area contributed by atoms with E-state index < -0.39 is 66.0 Å². The fourth-order valence-corrected chi connectivity index (χ4v) is 3.60. The lowest BCUT2D eigenvalue weighted by atomic mass is 9.99. The van der Waals surface area contributed by atoms with Crippen LogP contribution in [-0.4, -0.2) is 73.9 Å². The van der Waals surface area contributed by atoms with E-state index >= 15 is 0 Å². The molecule has 0 bridgehead atoms. The van der Waals surface area contributed by atoms with Crippen molar-refractivity contribution < 1.29 is 54.1 Å². The number of phenolic OH excluding ortho intramolecular Hbond substituents is 3. The number of phenols is 3. The normalized spacial score (nSPS) is 24.3. The first-order chi connectivity index (χ1) is 16.6. The molecule has 1 aliphatic heterocycles. The predicted molar refractivity (Wildman–Crippen MR) is 117 cm³/mol. The summed E-state index contributed by atoms with van der Waals surface area (Å²) in [7, 11) is 0. The second-order valence-electron chi connectivity index (χ2n) is 7.90. The van der Waals surface area contributed by atoms with Crippen LogP contribution >= 0.6 is 0 Å². The smallest absolute Gasteiger partial charge is 0.302 e. The van der Waals surface area contributed by atoms with Crippen molar-refractivity contribution in [2.45, 2.75) is 37.6 Å². The first-order valence-electron chi connectivity index (χ1n) is 10.4. The van der Waals surface area contributed by atoms with Crippen LogP contribution in [0.5, 0.6) is 23.0 Å². The quantitative estimate of drug-likeness (QED) is 0.212. The molecule has 5 atom stereocenters. The van der Waals surface area contributed by atoms with E-state index in [1.807, 2.05) is 0 Å². The summed E-state index contributed by atoms with van der Waals surface area (Å²) in [4.78, 5) is 23.7. The van der Waals surface area contributed by atoms with Crippen LogP contribution in [-0.2, 0) is 14.3 Å². The Kier molecular flexibility index (Phi) is 6.54. The summed E-state index contributed by atoms with van der Waals surface area (Å²) in [6.07, 6.45) is -8.13. The summed E-state index contributed by atoms with van der Waals surface area (Å²) in [5.41, 5.74) is -0.427. The highest BCUT2D eigenvalue weighted by Gasteiger charge is 2.45. The number of hydrogen-bond acceptors (Lipinski definition) is 12. The zero-order valence-corrected chi connectivity index (χ0v) is 18.2. The van der Waals surface area contributed by atoms with Crippen LogP contribution in [0, 0.1) is 0 Å². The van der Waals surface area contributed by atoms with Gasteiger partial charge in [-0.3, -0.25) is 9.59 Å². The number of fused-ring (bicyclic) bond motifs is 1. The van der Waals surface area contributed by atoms with Gasteiger partial charge in [-0.15, -0.1) is 0 Å². The van der Waals surface area contributed by atoms with Crippen molar-refractivity contribution in [3.63, 3.8) is 0 Å². The number of aromatic hydroxyl groups is 3. The van der Waals surface area contributed by atoms with Gasteiger partial charge in [-0.1, -0.05) is 0 Å². The van der Waals surface area contributed by atoms with Crippen molar-refractivity contribution in [2.24, 2.45) is 0 Å². The lowest BCUT2D eigenvalue weighted by Gasteiger charge is -2.39. The second kappa shape index (κ2) is 9.43. The van der Waals surface area contributed by atoms with Gasteiger partial charge < -0.3 is 49.3 Å². The molecule has 1 saturated heterocycles. The van der Waals surface area contributed by atoms with Crippen LogP contribution in [0.2, 0.25) is 0 Å². The van der Waals surface area contributed by atoms with E-state index in [2.05, 4.69) is 0 Å². The van der Waals surface area contributed by atoms with Crippen LogP contribution in [0.15, 0.2) is 45.6 Å². The average molecular weight is 490 g/mol. The van der Waals surface area contributed by atoms with Gasteiger partial charge in [-0.2, -0.15) is 0 Å². The Morgan fingerprint density at radius 1 is 0.971 bits per heavy atom. The lowest BCUT2D eigenvalue weighted by molar-refractivity contribution is -0.278. The summed E-state index contributed by atoms with van der Waals surface area (Å²) in [6.45, 7) is 0.671. The van der Waals surface area contributed by atoms with Crippen LogP contribution in [0.3, 0.4) is 0 Å². The van der Waals surface area contributed by atoms with Gasteiger partial charge in [0.05, 0.1) is 0 Å². The molecule has 1 aliphatic rings. The number of rotatable bonds is 5. The molecule has 4 rings (SSSR count). The molecule has 0 saturated carbocycles. The molecule has 0 amide bonds. The minimum atomic E-state index is -1.80. The van der Waals surface area contributed by atoms with Crippen LogP contribution < -0.4 is 10.2 Å². The van der Waals surface area contributed by atoms with Crippen molar-refractivity contribution in [3.05, 3.63) is 46.6 Å². The predicted octanol–water partition coefficient (Wildman–Crippen LogP) is 0.326. The van der Waals surface area contributed by atoms with Crippen LogP contribution in [0.25, 0.3) is 22.3 Å². The number of hydrogen-bond donors (Lipinski definition) is 6. The minimum Gasteiger partial charge on any atom is -0.508 e. The summed E-state index contributed by atoms with van der Waals surface area (Å²) in [5, 5.41) is 60.5. The van der Waals surface area contributed by atoms with Crippen molar-refractivity contribution in [3.8, 4) is 34.3 Å². The third kappa shape index (κ3) is 4.72. The fourth-order valence-electron chi connectivity index (χ4n) is 3.60. The molecule has 2 heterocycles. The van der Waals surface area contributed by atoms with Crippen molar-refractivity contribution >= 4 is 16.9 Å². The van der Waals surface area contributed by atoms with E-state index in [1.165, 1.54) is 24.3 Å². The summed E-state index contributed by atoms with van der Waals surface area (Å²) < 4.78 is 21.3. The molecule has 3 aromatic rings. The number of carbonyl (C=O) groups is 1. The van der Waals surface area contributed by atoms with E-state index in [0.717, 1.165) is 19.1 Å². The maximum atomic E-state index is 12.6. The highest BCUT2D eigenvalue weighted by molar-refractivity contribution is 5.89. The number of aliphatic hydroxyl groups is 3. The number of carbonyl (C=O) groups excluding carboxylic acids is 1. The van der Waals surface area contributed by atoms with Crippen LogP contribution in [0.4, 0.5) is 0 Å². The Labute approximate surface area is 196 Å². The van der Waals surface area contributed by atoms with Crippen LogP contribution in [0.1, 0.15) is 6.92 Å². The SMILES string of the molecule is CC(=O)OCC1OC(Oc2cc3oc(-c4ccc(O)cc4)cc(=O)c3c(O)c2O)C(O)C(O)C1O. The Bertz CT molecular complexity index is 1300. The molecule has 0 radical (unpaired) electrons. The van der Waals surface area contributed by atoms with Crippen molar-refractivity contribution in [1.29, 1.82) is 0 Å². The maximum absolute atomic E-state index is 12.6. The summed E-state index contributed by atoms with van der Waals surface area (Å²) >= 11 is 0. The molecule has 0 spiro atoms. The molecule has 12 heteroatoms. The lowest BCUT2D eigenvalue weighted by Crippen LogP contribution is -2.60. The van der Waals surface area contributed by atoms with E-state index in [-0.39, 0.29) is 22.5 Å². The maximum Gasteiger partial charge on any atom is 0.302 e. The highest BCUT2D eigenvalue weighted by atomic mass is 16.7. The monoisotopic (exact) mass is 490 g/mol. The molecule has 5 unspecified atom stereocenters. The third-order valence-corrected chi connectivity index (χ3v) is 5.45. The Hall–Kier alpha value is -3.84. The minimum absolute atomic E-state index is 0.000455. The molecule has 6 N–H and O–H groups in total. The molecule has 0 aliphatic carbocycles. The summed E-state index contributed by atoms with van der Waals surface area (Å²) in [5.74, 6) is -2.77. The van der Waals surface area contributed by atoms with E-state index in [9.17, 15) is 40.2 Å². The first-order valence-corrected chi connectivity index (χ1v) is 10.4. The molecular weight excluding hydrogens is 468 g/mol. The van der Waals surface area contributed by atoms with Gasteiger partial charge >= 0.3 is 5.97 Å². The van der Waals surface area contributed by atoms with Gasteiger partial charge in [0.25, 0.3) is 0 Å². The van der Waals surface area contributed by atoms with E-state index in [0.29, 0.717) is 5.56 Å². The number of ether oxygens (including phenoxy) is 3.